The number of carbonyl (C=O) groups excluding carboxylic acids is 1. The number of aliphatic hydroxyl groups excluding tert-OH is 1. The fourth-order valence-corrected chi connectivity index (χ4v) is 1.79. The van der Waals surface area contributed by atoms with Gasteiger partial charge < -0.3 is 10.4 Å². The molecular weight excluding hydrogens is 285 g/mol. The summed E-state index contributed by atoms with van der Waals surface area (Å²) in [7, 11) is 0. The average Bonchev–Trinajstić information content (AvgIpc) is 2.49. The molecule has 4 nitrogen and oxygen atoms in total. The lowest BCUT2D eigenvalue weighted by Crippen LogP contribution is -2.31. The van der Waals surface area contributed by atoms with Gasteiger partial charge in [0.1, 0.15) is 0 Å². The fourth-order valence-electron chi connectivity index (χ4n) is 1.79. The van der Waals surface area contributed by atoms with Crippen molar-refractivity contribution >= 4 is 5.91 Å². The Kier molecular flexibility index (Phi) is 4.54. The molecule has 0 bridgehead atoms. The van der Waals surface area contributed by atoms with Crippen molar-refractivity contribution in [3.05, 3.63) is 65.2 Å². The summed E-state index contributed by atoms with van der Waals surface area (Å²) in [5.74, 6) is -5.59. The Balaban J connectivity index is 2.25. The highest BCUT2D eigenvalue weighted by Gasteiger charge is 2.21. The van der Waals surface area contributed by atoms with Crippen molar-refractivity contribution in [2.75, 3.05) is 6.61 Å². The van der Waals surface area contributed by atoms with E-state index in [1.54, 1.807) is 30.3 Å². The number of halogens is 3. The van der Waals surface area contributed by atoms with Crippen LogP contribution in [0.5, 0.6) is 0 Å². The fraction of sp³-hybridized carbons (Fsp3) is 0.143. The Morgan fingerprint density at radius 2 is 1.90 bits per heavy atom. The second-order valence-electron chi connectivity index (χ2n) is 4.22. The molecule has 0 aliphatic rings. The monoisotopic (exact) mass is 296 g/mol. The predicted molar refractivity (Wildman–Crippen MR) is 67.8 cm³/mol. The molecule has 0 saturated heterocycles. The van der Waals surface area contributed by atoms with Gasteiger partial charge in [-0.05, 0) is 5.56 Å². The van der Waals surface area contributed by atoms with Crippen LogP contribution in [0.4, 0.5) is 13.2 Å². The van der Waals surface area contributed by atoms with Crippen molar-refractivity contribution in [2.24, 2.45) is 0 Å². The van der Waals surface area contributed by atoms with Gasteiger partial charge in [0.2, 0.25) is 5.95 Å². The number of pyridine rings is 1. The summed E-state index contributed by atoms with van der Waals surface area (Å²) in [6.45, 7) is -0.451. The number of aliphatic hydroxyl groups is 1. The third kappa shape index (κ3) is 3.38. The minimum absolute atomic E-state index is 0.451. The lowest BCUT2D eigenvalue weighted by atomic mass is 10.1. The number of hydrogen-bond donors (Lipinski definition) is 2. The summed E-state index contributed by atoms with van der Waals surface area (Å²) < 4.78 is 39.4. The molecule has 0 aliphatic heterocycles. The number of amides is 1. The van der Waals surface area contributed by atoms with Crippen LogP contribution in [0.3, 0.4) is 0 Å². The van der Waals surface area contributed by atoms with Crippen LogP contribution in [0.1, 0.15) is 22.0 Å². The Bertz CT molecular complexity index is 650. The maximum atomic E-state index is 13.5. The zero-order valence-electron chi connectivity index (χ0n) is 10.7. The third-order valence-corrected chi connectivity index (χ3v) is 2.82. The van der Waals surface area contributed by atoms with Crippen LogP contribution in [0, 0.1) is 17.7 Å². The molecule has 0 radical (unpaired) electrons. The van der Waals surface area contributed by atoms with Crippen molar-refractivity contribution in [2.45, 2.75) is 6.04 Å². The Labute approximate surface area is 118 Å². The maximum Gasteiger partial charge on any atom is 0.255 e. The molecule has 7 heteroatoms. The van der Waals surface area contributed by atoms with Gasteiger partial charge in [-0.3, -0.25) is 4.79 Å². The van der Waals surface area contributed by atoms with E-state index in [0.717, 1.165) is 0 Å². The second kappa shape index (κ2) is 6.36. The van der Waals surface area contributed by atoms with E-state index in [9.17, 15) is 23.1 Å². The van der Waals surface area contributed by atoms with E-state index in [0.29, 0.717) is 11.6 Å². The summed E-state index contributed by atoms with van der Waals surface area (Å²) in [6, 6.07) is 8.08. The van der Waals surface area contributed by atoms with Gasteiger partial charge in [0.05, 0.1) is 18.2 Å². The first-order valence-electron chi connectivity index (χ1n) is 6.01. The first kappa shape index (κ1) is 15.0. The smallest absolute Gasteiger partial charge is 0.255 e. The van der Waals surface area contributed by atoms with Gasteiger partial charge in [-0.1, -0.05) is 30.3 Å². The van der Waals surface area contributed by atoms with Crippen LogP contribution in [0.2, 0.25) is 0 Å². The van der Waals surface area contributed by atoms with Crippen LogP contribution < -0.4 is 5.32 Å². The summed E-state index contributed by atoms with van der Waals surface area (Å²) in [5, 5.41) is 11.6. The molecule has 2 aromatic rings. The van der Waals surface area contributed by atoms with Crippen LogP contribution in [0.25, 0.3) is 0 Å². The van der Waals surface area contributed by atoms with Crippen molar-refractivity contribution in [1.82, 2.24) is 10.3 Å². The number of benzene rings is 1. The molecule has 1 amide bonds. The zero-order chi connectivity index (χ0) is 15.4. The van der Waals surface area contributed by atoms with Gasteiger partial charge >= 0.3 is 0 Å². The number of rotatable bonds is 4. The molecule has 110 valence electrons. The molecule has 1 heterocycles. The summed E-state index contributed by atoms with van der Waals surface area (Å²) in [5.41, 5.74) is -0.238. The zero-order valence-corrected chi connectivity index (χ0v) is 10.7. The highest BCUT2D eigenvalue weighted by atomic mass is 19.2. The Hall–Kier alpha value is -2.41. The SMILES string of the molecule is O=C(NC(CO)c1ccccc1)c1cc(F)nc(F)c1F. The summed E-state index contributed by atoms with van der Waals surface area (Å²) in [6.07, 6.45) is 0. The Morgan fingerprint density at radius 3 is 2.52 bits per heavy atom. The molecular formula is C14H11F3N2O2. The van der Waals surface area contributed by atoms with Gasteiger partial charge in [-0.2, -0.15) is 13.8 Å². The first-order valence-corrected chi connectivity index (χ1v) is 6.01. The van der Waals surface area contributed by atoms with Crippen molar-refractivity contribution < 1.29 is 23.1 Å². The number of nitrogens with one attached hydrogen (secondary N) is 1. The number of carbonyl (C=O) groups is 1. The van der Waals surface area contributed by atoms with E-state index in [2.05, 4.69) is 10.3 Å². The third-order valence-electron chi connectivity index (χ3n) is 2.82. The Morgan fingerprint density at radius 1 is 1.24 bits per heavy atom. The van der Waals surface area contributed by atoms with Crippen molar-refractivity contribution in [3.63, 3.8) is 0 Å². The van der Waals surface area contributed by atoms with Crippen LogP contribution >= 0.6 is 0 Å². The molecule has 0 saturated carbocycles. The highest BCUT2D eigenvalue weighted by Crippen LogP contribution is 2.15. The summed E-state index contributed by atoms with van der Waals surface area (Å²) in [4.78, 5) is 14.5. The minimum atomic E-state index is -1.69. The van der Waals surface area contributed by atoms with Gasteiger partial charge in [0, 0.05) is 6.07 Å². The highest BCUT2D eigenvalue weighted by molar-refractivity contribution is 5.94. The predicted octanol–water partition coefficient (Wildman–Crippen LogP) is 1.96. The van der Waals surface area contributed by atoms with E-state index in [-0.39, 0.29) is 0 Å². The molecule has 1 unspecified atom stereocenters. The van der Waals surface area contributed by atoms with Gasteiger partial charge in [0.25, 0.3) is 11.9 Å². The lowest BCUT2D eigenvalue weighted by molar-refractivity contribution is 0.0909. The molecule has 0 aliphatic carbocycles. The topological polar surface area (TPSA) is 62.2 Å². The van der Waals surface area contributed by atoms with E-state index in [1.807, 2.05) is 0 Å². The molecule has 1 atom stereocenters. The second-order valence-corrected chi connectivity index (χ2v) is 4.22. The maximum absolute atomic E-state index is 13.5. The van der Waals surface area contributed by atoms with Crippen molar-refractivity contribution in [1.29, 1.82) is 0 Å². The largest absolute Gasteiger partial charge is 0.394 e. The van der Waals surface area contributed by atoms with Crippen molar-refractivity contribution in [3.8, 4) is 0 Å². The molecule has 21 heavy (non-hydrogen) atoms. The van der Waals surface area contributed by atoms with Gasteiger partial charge in [0.15, 0.2) is 5.82 Å². The summed E-state index contributed by atoms with van der Waals surface area (Å²) >= 11 is 0. The molecule has 1 aromatic carbocycles. The molecule has 1 aromatic heterocycles. The first-order chi connectivity index (χ1) is 10.0. The molecule has 0 spiro atoms. The number of nitrogens with zero attached hydrogens (tertiary/aromatic N) is 1. The minimum Gasteiger partial charge on any atom is -0.394 e. The van der Waals surface area contributed by atoms with Crippen LogP contribution in [-0.2, 0) is 0 Å². The lowest BCUT2D eigenvalue weighted by Gasteiger charge is -2.17. The average molecular weight is 296 g/mol. The van der Waals surface area contributed by atoms with Crippen LogP contribution in [-0.4, -0.2) is 22.6 Å². The molecule has 2 N–H and O–H groups in total. The van der Waals surface area contributed by atoms with E-state index in [4.69, 9.17) is 0 Å². The standard InChI is InChI=1S/C14H11F3N2O2/c15-11-6-9(12(16)13(17)19-11)14(21)18-10(7-20)8-4-2-1-3-5-8/h1-6,10,20H,7H2,(H,18,21). The van der Waals surface area contributed by atoms with E-state index < -0.39 is 41.8 Å². The van der Waals surface area contributed by atoms with Crippen LogP contribution in [0.15, 0.2) is 36.4 Å². The molecule has 0 fully saturated rings. The van der Waals surface area contributed by atoms with Gasteiger partial charge in [-0.25, -0.2) is 4.39 Å². The number of hydrogen-bond acceptors (Lipinski definition) is 3. The molecule has 2 rings (SSSR count). The van der Waals surface area contributed by atoms with Gasteiger partial charge in [-0.15, -0.1) is 0 Å². The normalized spacial score (nSPS) is 12.0. The van der Waals surface area contributed by atoms with E-state index >= 15 is 0 Å². The van der Waals surface area contributed by atoms with E-state index in [1.165, 1.54) is 0 Å². The quantitative estimate of drug-likeness (QED) is 0.848. The number of aromatic nitrogens is 1.